The van der Waals surface area contributed by atoms with Crippen molar-refractivity contribution in [2.75, 3.05) is 20.3 Å². The number of rotatable bonds is 7. The molecule has 25 heavy (non-hydrogen) atoms. The zero-order valence-corrected chi connectivity index (χ0v) is 16.4. The van der Waals surface area contributed by atoms with Crippen LogP contribution in [-0.2, 0) is 0 Å². The van der Waals surface area contributed by atoms with Crippen molar-refractivity contribution in [1.82, 2.24) is 0 Å². The average molecular weight is 380 g/mol. The molecule has 0 aliphatic rings. The SMILES string of the molecule is COc1cc(C(N)=S)cc(Cl)c1OCCOc1c(C)ccc(C)c1C. The van der Waals surface area contributed by atoms with E-state index in [1.165, 1.54) is 12.7 Å². The minimum atomic E-state index is 0.250. The largest absolute Gasteiger partial charge is 0.493 e. The Kier molecular flexibility index (Phi) is 6.51. The summed E-state index contributed by atoms with van der Waals surface area (Å²) < 4.78 is 17.0. The maximum Gasteiger partial charge on any atom is 0.179 e. The highest BCUT2D eigenvalue weighted by Gasteiger charge is 2.14. The van der Waals surface area contributed by atoms with E-state index in [9.17, 15) is 0 Å². The first kappa shape index (κ1) is 19.3. The van der Waals surface area contributed by atoms with Crippen LogP contribution in [0.2, 0.25) is 5.02 Å². The predicted octanol–water partition coefficient (Wildman–Crippen LogP) is 4.37. The van der Waals surface area contributed by atoms with Crippen molar-refractivity contribution in [2.24, 2.45) is 5.73 Å². The molecule has 0 spiro atoms. The van der Waals surface area contributed by atoms with Crippen LogP contribution in [0.4, 0.5) is 0 Å². The molecule has 0 saturated carbocycles. The van der Waals surface area contributed by atoms with E-state index in [2.05, 4.69) is 13.0 Å². The highest BCUT2D eigenvalue weighted by Crippen LogP contribution is 2.36. The lowest BCUT2D eigenvalue weighted by molar-refractivity contribution is 0.210. The molecular weight excluding hydrogens is 358 g/mol. The quantitative estimate of drug-likeness (QED) is 0.572. The number of thiocarbonyl (C=S) groups is 1. The van der Waals surface area contributed by atoms with Gasteiger partial charge in [-0.3, -0.25) is 0 Å². The Hall–Kier alpha value is -1.98. The van der Waals surface area contributed by atoms with Gasteiger partial charge in [0.25, 0.3) is 0 Å². The van der Waals surface area contributed by atoms with Crippen molar-refractivity contribution in [1.29, 1.82) is 0 Å². The fourth-order valence-electron chi connectivity index (χ4n) is 2.44. The summed E-state index contributed by atoms with van der Waals surface area (Å²) in [7, 11) is 1.54. The van der Waals surface area contributed by atoms with Crippen molar-refractivity contribution >= 4 is 28.8 Å². The Morgan fingerprint density at radius 3 is 2.24 bits per heavy atom. The standard InChI is InChI=1S/C19H22ClNO3S/c1-11-5-6-12(2)17(13(11)3)23-7-8-24-18-15(20)9-14(19(21)25)10-16(18)22-4/h5-6,9-10H,7-8H2,1-4H3,(H2,21,25). The number of hydrogen-bond acceptors (Lipinski definition) is 4. The summed E-state index contributed by atoms with van der Waals surface area (Å²) in [6, 6.07) is 7.51. The highest BCUT2D eigenvalue weighted by atomic mass is 35.5. The van der Waals surface area contributed by atoms with E-state index in [-0.39, 0.29) is 4.99 Å². The van der Waals surface area contributed by atoms with Gasteiger partial charge in [0.1, 0.15) is 24.0 Å². The second-order valence-corrected chi connectivity index (χ2v) is 6.55. The van der Waals surface area contributed by atoms with E-state index in [1.54, 1.807) is 12.1 Å². The van der Waals surface area contributed by atoms with Gasteiger partial charge in [0.15, 0.2) is 11.5 Å². The van der Waals surface area contributed by atoms with Gasteiger partial charge < -0.3 is 19.9 Å². The molecule has 2 aromatic rings. The molecule has 0 atom stereocenters. The van der Waals surface area contributed by atoms with Crippen LogP contribution in [-0.4, -0.2) is 25.3 Å². The number of benzene rings is 2. The number of aryl methyl sites for hydroxylation is 2. The topological polar surface area (TPSA) is 53.7 Å². The highest BCUT2D eigenvalue weighted by molar-refractivity contribution is 7.80. The molecule has 0 unspecified atom stereocenters. The molecule has 0 aliphatic carbocycles. The van der Waals surface area contributed by atoms with Gasteiger partial charge in [-0.1, -0.05) is 36.0 Å². The first-order chi connectivity index (χ1) is 11.8. The molecule has 0 aromatic heterocycles. The van der Waals surface area contributed by atoms with Gasteiger partial charge in [0.05, 0.1) is 12.1 Å². The Labute approximate surface area is 158 Å². The molecule has 0 radical (unpaired) electrons. The molecule has 2 aromatic carbocycles. The van der Waals surface area contributed by atoms with E-state index in [0.717, 1.165) is 16.9 Å². The van der Waals surface area contributed by atoms with Gasteiger partial charge in [-0.2, -0.15) is 0 Å². The molecule has 0 aliphatic heterocycles. The molecular formula is C19H22ClNO3S. The lowest BCUT2D eigenvalue weighted by Gasteiger charge is -2.16. The summed E-state index contributed by atoms with van der Waals surface area (Å²) in [5, 5.41) is 0.394. The predicted molar refractivity (Wildman–Crippen MR) is 106 cm³/mol. The third-order valence-electron chi connectivity index (χ3n) is 3.96. The Morgan fingerprint density at radius 1 is 1.04 bits per heavy atom. The lowest BCUT2D eigenvalue weighted by atomic mass is 10.1. The average Bonchev–Trinajstić information content (AvgIpc) is 2.58. The van der Waals surface area contributed by atoms with E-state index in [4.69, 9.17) is 43.8 Å². The summed E-state index contributed by atoms with van der Waals surface area (Å²) in [6.45, 7) is 6.85. The van der Waals surface area contributed by atoms with Gasteiger partial charge in [-0.15, -0.1) is 0 Å². The zero-order chi connectivity index (χ0) is 18.6. The molecule has 0 saturated heterocycles. The van der Waals surface area contributed by atoms with Crippen LogP contribution in [0, 0.1) is 20.8 Å². The summed E-state index contributed by atoms with van der Waals surface area (Å²) in [6.07, 6.45) is 0. The van der Waals surface area contributed by atoms with E-state index < -0.39 is 0 Å². The molecule has 0 amide bonds. The summed E-state index contributed by atoms with van der Waals surface area (Å²) in [5.41, 5.74) is 9.70. The lowest BCUT2D eigenvalue weighted by Crippen LogP contribution is -2.13. The summed E-state index contributed by atoms with van der Waals surface area (Å²) >= 11 is 11.2. The first-order valence-corrected chi connectivity index (χ1v) is 8.63. The number of halogens is 1. The Balaban J connectivity index is 2.05. The maximum atomic E-state index is 6.26. The maximum absolute atomic E-state index is 6.26. The second-order valence-electron chi connectivity index (χ2n) is 5.70. The van der Waals surface area contributed by atoms with Crippen molar-refractivity contribution < 1.29 is 14.2 Å². The number of nitrogens with two attached hydrogens (primary N) is 1. The van der Waals surface area contributed by atoms with Crippen LogP contribution in [0.3, 0.4) is 0 Å². The van der Waals surface area contributed by atoms with Crippen LogP contribution < -0.4 is 19.9 Å². The van der Waals surface area contributed by atoms with Crippen molar-refractivity contribution in [3.05, 3.63) is 51.5 Å². The number of methoxy groups -OCH3 is 1. The van der Waals surface area contributed by atoms with Crippen LogP contribution in [0.5, 0.6) is 17.2 Å². The van der Waals surface area contributed by atoms with E-state index in [1.807, 2.05) is 19.9 Å². The molecule has 0 bridgehead atoms. The number of hydrogen-bond donors (Lipinski definition) is 1. The fourth-order valence-corrected chi connectivity index (χ4v) is 2.82. The van der Waals surface area contributed by atoms with Gasteiger partial charge >= 0.3 is 0 Å². The van der Waals surface area contributed by atoms with Gasteiger partial charge in [-0.05, 0) is 49.6 Å². The van der Waals surface area contributed by atoms with Gasteiger partial charge in [0, 0.05) is 5.56 Å². The monoisotopic (exact) mass is 379 g/mol. The van der Waals surface area contributed by atoms with Crippen LogP contribution in [0.15, 0.2) is 24.3 Å². The molecule has 134 valence electrons. The fraction of sp³-hybridized carbons (Fsp3) is 0.316. The second kappa shape index (κ2) is 8.41. The minimum absolute atomic E-state index is 0.250. The summed E-state index contributed by atoms with van der Waals surface area (Å²) in [5.74, 6) is 1.83. The Bertz CT molecular complexity index is 793. The van der Waals surface area contributed by atoms with E-state index >= 15 is 0 Å². The van der Waals surface area contributed by atoms with Crippen LogP contribution in [0.25, 0.3) is 0 Å². The van der Waals surface area contributed by atoms with E-state index in [0.29, 0.717) is 35.3 Å². The molecule has 6 heteroatoms. The van der Waals surface area contributed by atoms with Crippen LogP contribution >= 0.6 is 23.8 Å². The third-order valence-corrected chi connectivity index (χ3v) is 4.48. The third kappa shape index (κ3) is 4.55. The normalized spacial score (nSPS) is 10.4. The van der Waals surface area contributed by atoms with Crippen molar-refractivity contribution in [2.45, 2.75) is 20.8 Å². The molecule has 4 nitrogen and oxygen atoms in total. The number of ether oxygens (including phenoxy) is 3. The van der Waals surface area contributed by atoms with Crippen LogP contribution in [0.1, 0.15) is 22.3 Å². The summed E-state index contributed by atoms with van der Waals surface area (Å²) in [4.78, 5) is 0.250. The minimum Gasteiger partial charge on any atom is -0.493 e. The first-order valence-electron chi connectivity index (χ1n) is 7.85. The smallest absolute Gasteiger partial charge is 0.179 e. The van der Waals surface area contributed by atoms with Gasteiger partial charge in [0.2, 0.25) is 0 Å². The molecule has 2 N–H and O–H groups in total. The Morgan fingerprint density at radius 2 is 1.64 bits per heavy atom. The van der Waals surface area contributed by atoms with Gasteiger partial charge in [-0.25, -0.2) is 0 Å². The molecule has 0 heterocycles. The molecule has 2 rings (SSSR count). The van der Waals surface area contributed by atoms with Crippen molar-refractivity contribution in [3.63, 3.8) is 0 Å². The zero-order valence-electron chi connectivity index (χ0n) is 14.8. The van der Waals surface area contributed by atoms with Crippen molar-refractivity contribution in [3.8, 4) is 17.2 Å². The molecule has 0 fully saturated rings.